The van der Waals surface area contributed by atoms with E-state index in [1.54, 1.807) is 17.2 Å². The lowest BCUT2D eigenvalue weighted by Gasteiger charge is -2.39. The van der Waals surface area contributed by atoms with Crippen LogP contribution >= 0.6 is 0 Å². The monoisotopic (exact) mass is 291 g/mol. The van der Waals surface area contributed by atoms with Gasteiger partial charge < -0.3 is 19.9 Å². The fourth-order valence-corrected chi connectivity index (χ4v) is 3.78. The minimum absolute atomic E-state index is 0.0504. The number of carbonyl (C=O) groups is 2. The molecule has 21 heavy (non-hydrogen) atoms. The molecule has 6 heteroatoms. The molecule has 2 aliphatic rings. The smallest absolute Gasteiger partial charge is 0.313 e. The number of piperidine rings is 1. The normalized spacial score (nSPS) is 29.4. The molecule has 0 spiro atoms. The Morgan fingerprint density at radius 3 is 2.81 bits per heavy atom. The van der Waals surface area contributed by atoms with Crippen molar-refractivity contribution >= 4 is 11.9 Å². The van der Waals surface area contributed by atoms with Crippen molar-refractivity contribution in [2.24, 2.45) is 11.3 Å². The maximum Gasteiger partial charge on any atom is 0.313 e. The first-order valence-electron chi connectivity index (χ1n) is 7.29. The van der Waals surface area contributed by atoms with Crippen molar-refractivity contribution in [1.82, 2.24) is 14.8 Å². The zero-order valence-electron chi connectivity index (χ0n) is 12.4. The number of aromatic amines is 1. The molecule has 3 rings (SSSR count). The highest BCUT2D eigenvalue weighted by atomic mass is 16.4. The Bertz CT molecular complexity index is 582. The van der Waals surface area contributed by atoms with Crippen LogP contribution in [0.2, 0.25) is 0 Å². The molecule has 0 bridgehead atoms. The van der Waals surface area contributed by atoms with E-state index < -0.39 is 11.4 Å². The lowest BCUT2D eigenvalue weighted by Crippen LogP contribution is -2.52. The quantitative estimate of drug-likeness (QED) is 0.845. The molecule has 2 fully saturated rings. The van der Waals surface area contributed by atoms with Crippen molar-refractivity contribution in [3.63, 3.8) is 0 Å². The highest BCUT2D eigenvalue weighted by Gasteiger charge is 2.55. The maximum atomic E-state index is 12.6. The lowest BCUT2D eigenvalue weighted by molar-refractivity contribution is -0.153. The van der Waals surface area contributed by atoms with Crippen LogP contribution in [-0.2, 0) is 4.79 Å². The second kappa shape index (κ2) is 4.87. The maximum absolute atomic E-state index is 12.6. The number of rotatable bonds is 2. The van der Waals surface area contributed by atoms with Crippen LogP contribution < -0.4 is 0 Å². The molecule has 114 valence electrons. The van der Waals surface area contributed by atoms with E-state index in [4.69, 9.17) is 0 Å². The van der Waals surface area contributed by atoms with Gasteiger partial charge in [-0.2, -0.15) is 0 Å². The highest BCUT2D eigenvalue weighted by Crippen LogP contribution is 2.42. The van der Waals surface area contributed by atoms with Gasteiger partial charge in [-0.3, -0.25) is 9.59 Å². The van der Waals surface area contributed by atoms with E-state index in [2.05, 4.69) is 9.88 Å². The summed E-state index contributed by atoms with van der Waals surface area (Å²) in [5.41, 5.74) is 0.659. The van der Waals surface area contributed by atoms with Crippen LogP contribution in [0.15, 0.2) is 12.3 Å². The molecule has 0 radical (unpaired) electrons. The topological polar surface area (TPSA) is 76.6 Å². The second-order valence-corrected chi connectivity index (χ2v) is 6.39. The molecular weight excluding hydrogens is 270 g/mol. The van der Waals surface area contributed by atoms with Crippen molar-refractivity contribution in [2.75, 3.05) is 33.2 Å². The predicted octanol–water partition coefficient (Wildman–Crippen LogP) is 0.802. The van der Waals surface area contributed by atoms with Gasteiger partial charge in [-0.15, -0.1) is 0 Å². The van der Waals surface area contributed by atoms with E-state index in [1.807, 2.05) is 14.0 Å². The number of aryl methyl sites for hydroxylation is 1. The third kappa shape index (κ3) is 2.14. The standard InChI is InChI=1S/C15H21N3O3/c1-10-12(3-5-16-10)13(19)18-7-11-4-6-17(2)8-15(11,9-18)14(20)21/h3,5,11,16H,4,6-9H2,1-2H3,(H,20,21)/t11-,15-/m1/s1. The van der Waals surface area contributed by atoms with E-state index in [1.165, 1.54) is 0 Å². The molecule has 6 nitrogen and oxygen atoms in total. The molecule has 2 N–H and O–H groups in total. The molecule has 0 saturated carbocycles. The van der Waals surface area contributed by atoms with Gasteiger partial charge in [-0.05, 0) is 38.9 Å². The Labute approximate surface area is 123 Å². The van der Waals surface area contributed by atoms with Gasteiger partial charge in [0.25, 0.3) is 5.91 Å². The summed E-state index contributed by atoms with van der Waals surface area (Å²) >= 11 is 0. The van der Waals surface area contributed by atoms with Crippen LogP contribution in [0.5, 0.6) is 0 Å². The molecule has 2 saturated heterocycles. The zero-order valence-corrected chi connectivity index (χ0v) is 12.4. The van der Waals surface area contributed by atoms with Crippen molar-refractivity contribution in [3.05, 3.63) is 23.5 Å². The molecule has 1 aromatic heterocycles. The Kier molecular flexibility index (Phi) is 3.28. The number of hydrogen-bond acceptors (Lipinski definition) is 3. The fraction of sp³-hybridized carbons (Fsp3) is 0.600. The van der Waals surface area contributed by atoms with Crippen LogP contribution in [0.25, 0.3) is 0 Å². The van der Waals surface area contributed by atoms with Gasteiger partial charge in [0.15, 0.2) is 0 Å². The van der Waals surface area contributed by atoms with E-state index in [0.717, 1.165) is 18.7 Å². The summed E-state index contributed by atoms with van der Waals surface area (Å²) in [5.74, 6) is -0.791. The average molecular weight is 291 g/mol. The number of likely N-dealkylation sites (tertiary alicyclic amines) is 2. The Hall–Kier alpha value is -1.82. The summed E-state index contributed by atoms with van der Waals surface area (Å²) in [6, 6.07) is 1.76. The van der Waals surface area contributed by atoms with Crippen LogP contribution in [-0.4, -0.2) is 65.0 Å². The van der Waals surface area contributed by atoms with Gasteiger partial charge in [0.2, 0.25) is 0 Å². The summed E-state index contributed by atoms with van der Waals surface area (Å²) in [6.07, 6.45) is 2.57. The summed E-state index contributed by atoms with van der Waals surface area (Å²) in [7, 11) is 1.95. The van der Waals surface area contributed by atoms with E-state index in [9.17, 15) is 14.7 Å². The summed E-state index contributed by atoms with van der Waals surface area (Å²) in [6.45, 7) is 4.12. The van der Waals surface area contributed by atoms with Gasteiger partial charge in [-0.1, -0.05) is 0 Å². The van der Waals surface area contributed by atoms with Crippen molar-refractivity contribution < 1.29 is 14.7 Å². The largest absolute Gasteiger partial charge is 0.481 e. The number of fused-ring (bicyclic) bond motifs is 1. The lowest BCUT2D eigenvalue weighted by atomic mass is 9.73. The number of nitrogens with zero attached hydrogens (tertiary/aromatic N) is 2. The predicted molar refractivity (Wildman–Crippen MR) is 77.1 cm³/mol. The number of aliphatic carboxylic acids is 1. The molecule has 2 aliphatic heterocycles. The summed E-state index contributed by atoms with van der Waals surface area (Å²) in [5, 5.41) is 9.73. The van der Waals surface area contributed by atoms with Crippen LogP contribution in [0.1, 0.15) is 22.5 Å². The number of aromatic nitrogens is 1. The molecule has 1 amide bonds. The second-order valence-electron chi connectivity index (χ2n) is 6.39. The Morgan fingerprint density at radius 1 is 1.43 bits per heavy atom. The number of hydrogen-bond donors (Lipinski definition) is 2. The van der Waals surface area contributed by atoms with E-state index >= 15 is 0 Å². The summed E-state index contributed by atoms with van der Waals surface area (Å²) < 4.78 is 0. The average Bonchev–Trinajstić information content (AvgIpc) is 3.01. The van der Waals surface area contributed by atoms with Crippen LogP contribution in [0.4, 0.5) is 0 Å². The zero-order chi connectivity index (χ0) is 15.2. The first-order valence-corrected chi connectivity index (χ1v) is 7.29. The number of carboxylic acid groups (broad SMARTS) is 1. The summed E-state index contributed by atoms with van der Waals surface area (Å²) in [4.78, 5) is 31.2. The third-order valence-electron chi connectivity index (χ3n) is 5.00. The molecule has 0 aromatic carbocycles. The third-order valence-corrected chi connectivity index (χ3v) is 5.00. The SMILES string of the molecule is Cc1[nH]ccc1C(=O)N1C[C@H]2CCN(C)C[C@@]2(C(=O)O)C1. The van der Waals surface area contributed by atoms with Gasteiger partial charge in [-0.25, -0.2) is 0 Å². The van der Waals surface area contributed by atoms with Gasteiger partial charge in [0, 0.05) is 31.5 Å². The molecule has 1 aromatic rings. The Balaban J connectivity index is 1.87. The van der Waals surface area contributed by atoms with Gasteiger partial charge in [0.1, 0.15) is 5.41 Å². The number of nitrogens with one attached hydrogen (secondary N) is 1. The molecule has 2 atom stereocenters. The van der Waals surface area contributed by atoms with Crippen LogP contribution in [0, 0.1) is 18.3 Å². The van der Waals surface area contributed by atoms with Crippen LogP contribution in [0.3, 0.4) is 0 Å². The first-order chi connectivity index (χ1) is 9.94. The Morgan fingerprint density at radius 2 is 2.19 bits per heavy atom. The van der Waals surface area contributed by atoms with Gasteiger partial charge >= 0.3 is 5.97 Å². The highest BCUT2D eigenvalue weighted by molar-refractivity contribution is 5.96. The van der Waals surface area contributed by atoms with Crippen molar-refractivity contribution in [1.29, 1.82) is 0 Å². The fourth-order valence-electron chi connectivity index (χ4n) is 3.78. The van der Waals surface area contributed by atoms with Crippen molar-refractivity contribution in [2.45, 2.75) is 13.3 Å². The molecule has 0 unspecified atom stereocenters. The van der Waals surface area contributed by atoms with Gasteiger partial charge in [0.05, 0.1) is 5.56 Å². The minimum Gasteiger partial charge on any atom is -0.481 e. The first kappa shape index (κ1) is 14.1. The van der Waals surface area contributed by atoms with E-state index in [0.29, 0.717) is 25.2 Å². The van der Waals surface area contributed by atoms with E-state index in [-0.39, 0.29) is 11.8 Å². The number of H-pyrrole nitrogens is 1. The van der Waals surface area contributed by atoms with Crippen molar-refractivity contribution in [3.8, 4) is 0 Å². The molecular formula is C15H21N3O3. The molecule has 3 heterocycles. The number of carboxylic acids is 1. The number of carbonyl (C=O) groups excluding carboxylic acids is 1. The minimum atomic E-state index is -0.813. The number of amides is 1. The molecule has 0 aliphatic carbocycles.